The van der Waals surface area contributed by atoms with Crippen LogP contribution in [0.4, 0.5) is 0 Å². The number of aryl methyl sites for hydroxylation is 1. The van der Waals surface area contributed by atoms with Gasteiger partial charge >= 0.3 is 0 Å². The van der Waals surface area contributed by atoms with Gasteiger partial charge in [-0.05, 0) is 24.6 Å². The first-order valence-corrected chi connectivity index (χ1v) is 7.20. The monoisotopic (exact) mass is 299 g/mol. The highest BCUT2D eigenvalue weighted by molar-refractivity contribution is 5.79. The van der Waals surface area contributed by atoms with Crippen molar-refractivity contribution >= 4 is 16.9 Å². The fourth-order valence-electron chi connectivity index (χ4n) is 2.28. The molecule has 0 unspecified atom stereocenters. The molecule has 3 rings (SSSR count). The Labute approximate surface area is 126 Å². The quantitative estimate of drug-likeness (QED) is 0.705. The molecule has 0 aliphatic heterocycles. The number of nitrogens with one attached hydrogen (secondary N) is 1. The summed E-state index contributed by atoms with van der Waals surface area (Å²) in [5.41, 5.74) is 7.68. The molecule has 1 aromatic carbocycles. The van der Waals surface area contributed by atoms with E-state index in [0.29, 0.717) is 5.82 Å². The highest BCUT2D eigenvalue weighted by Crippen LogP contribution is 2.21. The number of hydrogen-bond acceptors (Lipinski definition) is 5. The molecule has 1 amide bonds. The van der Waals surface area contributed by atoms with Crippen molar-refractivity contribution in [3.05, 3.63) is 24.0 Å². The highest BCUT2D eigenvalue weighted by Gasteiger charge is 2.14. The maximum Gasteiger partial charge on any atom is 0.225 e. The zero-order valence-electron chi connectivity index (χ0n) is 12.3. The van der Waals surface area contributed by atoms with Crippen molar-refractivity contribution in [2.75, 3.05) is 0 Å². The first kappa shape index (κ1) is 14.2. The van der Waals surface area contributed by atoms with E-state index in [9.17, 15) is 4.79 Å². The fraction of sp³-hybridized carbons (Fsp3) is 0.357. The Morgan fingerprint density at radius 1 is 1.32 bits per heavy atom. The van der Waals surface area contributed by atoms with Gasteiger partial charge in [0.25, 0.3) is 0 Å². The van der Waals surface area contributed by atoms with Gasteiger partial charge in [0.15, 0.2) is 11.6 Å². The number of nitrogens with two attached hydrogens (primary N) is 1. The Hall–Kier alpha value is -2.77. The summed E-state index contributed by atoms with van der Waals surface area (Å²) in [5.74, 6) is 0.722. The third-order valence-corrected chi connectivity index (χ3v) is 3.35. The number of nitrogens with zero attached hydrogens (tertiary/aromatic N) is 5. The van der Waals surface area contributed by atoms with E-state index in [0.717, 1.165) is 41.8 Å². The number of carbonyl (C=O) groups excluding carboxylic acids is 1. The minimum atomic E-state index is -0.439. The van der Waals surface area contributed by atoms with Gasteiger partial charge in [0, 0.05) is 12.1 Å². The predicted molar refractivity (Wildman–Crippen MR) is 80.7 cm³/mol. The fourth-order valence-corrected chi connectivity index (χ4v) is 2.28. The molecule has 8 heteroatoms. The molecular weight excluding hydrogens is 282 g/mol. The zero-order valence-corrected chi connectivity index (χ0v) is 12.3. The van der Waals surface area contributed by atoms with Gasteiger partial charge in [-0.2, -0.15) is 20.5 Å². The maximum atomic E-state index is 11.1. The molecule has 8 nitrogen and oxygen atoms in total. The molecule has 2 aromatic heterocycles. The Bertz CT molecular complexity index is 804. The van der Waals surface area contributed by atoms with Crippen molar-refractivity contribution < 1.29 is 4.79 Å². The number of unbranched alkanes of at least 4 members (excludes halogenated alkanes) is 1. The number of aromatic nitrogens is 6. The number of hydrogen-bond donors (Lipinski definition) is 2. The molecule has 0 saturated heterocycles. The van der Waals surface area contributed by atoms with E-state index in [2.05, 4.69) is 32.4 Å². The van der Waals surface area contributed by atoms with Gasteiger partial charge in [-0.1, -0.05) is 13.3 Å². The highest BCUT2D eigenvalue weighted by atomic mass is 16.1. The number of carbonyl (C=O) groups is 1. The lowest BCUT2D eigenvalue weighted by Gasteiger charge is -2.04. The van der Waals surface area contributed by atoms with E-state index in [1.165, 1.54) is 0 Å². The molecule has 3 N–H and O–H groups in total. The SMILES string of the molecule is CCCCn1nc(CC(N)=O)nc1-c1ccc2n[nH]nc2c1. The van der Waals surface area contributed by atoms with Crippen LogP contribution in [0.2, 0.25) is 0 Å². The summed E-state index contributed by atoms with van der Waals surface area (Å²) >= 11 is 0. The number of H-pyrrole nitrogens is 1. The summed E-state index contributed by atoms with van der Waals surface area (Å²) in [6.45, 7) is 2.86. The number of rotatable bonds is 6. The van der Waals surface area contributed by atoms with E-state index in [4.69, 9.17) is 5.73 Å². The Balaban J connectivity index is 2.01. The molecule has 2 heterocycles. The molecule has 0 spiro atoms. The minimum Gasteiger partial charge on any atom is -0.369 e. The van der Waals surface area contributed by atoms with Crippen LogP contribution in [0.15, 0.2) is 18.2 Å². The van der Waals surface area contributed by atoms with Crippen LogP contribution in [0.1, 0.15) is 25.6 Å². The van der Waals surface area contributed by atoms with Crippen LogP contribution in [0, 0.1) is 0 Å². The molecule has 0 fully saturated rings. The van der Waals surface area contributed by atoms with Crippen molar-refractivity contribution in [3.8, 4) is 11.4 Å². The second-order valence-electron chi connectivity index (χ2n) is 5.10. The molecule has 0 saturated carbocycles. The molecule has 0 atom stereocenters. The zero-order chi connectivity index (χ0) is 15.5. The Morgan fingerprint density at radius 3 is 2.91 bits per heavy atom. The van der Waals surface area contributed by atoms with Gasteiger partial charge < -0.3 is 5.73 Å². The van der Waals surface area contributed by atoms with E-state index in [-0.39, 0.29) is 6.42 Å². The van der Waals surface area contributed by atoms with Crippen LogP contribution in [-0.4, -0.2) is 36.1 Å². The van der Waals surface area contributed by atoms with Gasteiger partial charge in [0.2, 0.25) is 5.91 Å². The smallest absolute Gasteiger partial charge is 0.225 e. The minimum absolute atomic E-state index is 0.0400. The number of primary amides is 1. The topological polar surface area (TPSA) is 115 Å². The van der Waals surface area contributed by atoms with Crippen molar-refractivity contribution in [1.82, 2.24) is 30.2 Å². The summed E-state index contributed by atoms with van der Waals surface area (Å²) in [6.07, 6.45) is 2.07. The van der Waals surface area contributed by atoms with Crippen LogP contribution in [0.25, 0.3) is 22.4 Å². The summed E-state index contributed by atoms with van der Waals surface area (Å²) in [4.78, 5) is 15.5. The molecule has 0 bridgehead atoms. The summed E-state index contributed by atoms with van der Waals surface area (Å²) in [6, 6.07) is 5.70. The standard InChI is InChI=1S/C14H17N7O/c1-2-3-6-21-14(16-13(19-21)8-12(15)22)9-4-5-10-11(7-9)18-20-17-10/h4-5,7H,2-3,6,8H2,1H3,(H2,15,22)(H,17,18,20). The molecule has 0 aliphatic carbocycles. The number of fused-ring (bicyclic) bond motifs is 1. The van der Waals surface area contributed by atoms with Gasteiger partial charge in [0.05, 0.1) is 6.42 Å². The van der Waals surface area contributed by atoms with E-state index < -0.39 is 5.91 Å². The van der Waals surface area contributed by atoms with Crippen LogP contribution in [-0.2, 0) is 17.8 Å². The Kier molecular flexibility index (Phi) is 3.82. The third kappa shape index (κ3) is 2.80. The molecule has 0 radical (unpaired) electrons. The lowest BCUT2D eigenvalue weighted by Crippen LogP contribution is -2.14. The third-order valence-electron chi connectivity index (χ3n) is 3.35. The average Bonchev–Trinajstić information content (AvgIpc) is 3.10. The largest absolute Gasteiger partial charge is 0.369 e. The van der Waals surface area contributed by atoms with Gasteiger partial charge in [-0.15, -0.1) is 0 Å². The second kappa shape index (κ2) is 5.92. The van der Waals surface area contributed by atoms with E-state index in [1.54, 1.807) is 0 Å². The van der Waals surface area contributed by atoms with E-state index >= 15 is 0 Å². The van der Waals surface area contributed by atoms with Crippen LogP contribution in [0.3, 0.4) is 0 Å². The lowest BCUT2D eigenvalue weighted by molar-refractivity contribution is -0.117. The molecular formula is C14H17N7O. The van der Waals surface area contributed by atoms with Crippen molar-refractivity contribution in [3.63, 3.8) is 0 Å². The number of amides is 1. The van der Waals surface area contributed by atoms with E-state index in [1.807, 2.05) is 22.9 Å². The summed E-state index contributed by atoms with van der Waals surface area (Å²) < 4.78 is 1.82. The van der Waals surface area contributed by atoms with Gasteiger partial charge in [0.1, 0.15) is 11.0 Å². The predicted octanol–water partition coefficient (Wildman–Crippen LogP) is 1.04. The van der Waals surface area contributed by atoms with Crippen LogP contribution >= 0.6 is 0 Å². The summed E-state index contributed by atoms with van der Waals surface area (Å²) in [7, 11) is 0. The second-order valence-corrected chi connectivity index (χ2v) is 5.10. The summed E-state index contributed by atoms with van der Waals surface area (Å²) in [5, 5.41) is 15.1. The lowest BCUT2D eigenvalue weighted by atomic mass is 10.2. The maximum absolute atomic E-state index is 11.1. The van der Waals surface area contributed by atoms with Gasteiger partial charge in [-0.25, -0.2) is 9.67 Å². The van der Waals surface area contributed by atoms with Gasteiger partial charge in [-0.3, -0.25) is 4.79 Å². The van der Waals surface area contributed by atoms with Crippen molar-refractivity contribution in [1.29, 1.82) is 0 Å². The molecule has 0 aliphatic rings. The normalized spacial score (nSPS) is 11.1. The van der Waals surface area contributed by atoms with Crippen molar-refractivity contribution in [2.45, 2.75) is 32.7 Å². The molecule has 114 valence electrons. The van der Waals surface area contributed by atoms with Crippen molar-refractivity contribution in [2.24, 2.45) is 5.73 Å². The molecule has 3 aromatic rings. The first-order valence-electron chi connectivity index (χ1n) is 7.20. The Morgan fingerprint density at radius 2 is 2.14 bits per heavy atom. The van der Waals surface area contributed by atoms with Crippen LogP contribution in [0.5, 0.6) is 0 Å². The van der Waals surface area contributed by atoms with Crippen LogP contribution < -0.4 is 5.73 Å². The first-order chi connectivity index (χ1) is 10.7. The average molecular weight is 299 g/mol. The number of benzene rings is 1. The molecule has 22 heavy (non-hydrogen) atoms. The number of aromatic amines is 1.